The Hall–Kier alpha value is -8.71. The molecule has 0 atom stereocenters. The van der Waals surface area contributed by atoms with Crippen molar-refractivity contribution < 1.29 is 0 Å². The minimum Gasteiger partial charge on any atom is -0.309 e. The first-order valence-electron chi connectivity index (χ1n) is 22.6. The highest BCUT2D eigenvalue weighted by Crippen LogP contribution is 2.46. The van der Waals surface area contributed by atoms with Gasteiger partial charge >= 0.3 is 0 Å². The number of para-hydroxylation sites is 3. The van der Waals surface area contributed by atoms with Gasteiger partial charge < -0.3 is 9.13 Å². The van der Waals surface area contributed by atoms with E-state index in [4.69, 9.17) is 15.0 Å². The summed E-state index contributed by atoms with van der Waals surface area (Å²) in [6, 6.07) is 80.3. The summed E-state index contributed by atoms with van der Waals surface area (Å²) in [5.41, 5.74) is 11.6. The van der Waals surface area contributed by atoms with Crippen LogP contribution >= 0.6 is 11.3 Å². The highest BCUT2D eigenvalue weighted by atomic mass is 32.1. The first-order valence-corrected chi connectivity index (χ1v) is 23.4. The highest BCUT2D eigenvalue weighted by molar-refractivity contribution is 7.26. The average molecular weight is 872 g/mol. The van der Waals surface area contributed by atoms with Gasteiger partial charge in [0.1, 0.15) is 0 Å². The van der Waals surface area contributed by atoms with E-state index >= 15 is 0 Å². The Bertz CT molecular complexity index is 4280. The van der Waals surface area contributed by atoms with E-state index in [2.05, 4.69) is 234 Å². The second-order valence-corrected chi connectivity index (χ2v) is 18.2. The fraction of sp³-hybridized carbons (Fsp3) is 0. The Morgan fingerprint density at radius 3 is 1.66 bits per heavy atom. The first-order chi connectivity index (χ1) is 33.2. The summed E-state index contributed by atoms with van der Waals surface area (Å²) in [4.78, 5) is 16.4. The molecule has 0 aliphatic carbocycles. The quantitative estimate of drug-likeness (QED) is 0.167. The van der Waals surface area contributed by atoms with Crippen LogP contribution in [0.15, 0.2) is 224 Å². The van der Waals surface area contributed by atoms with Gasteiger partial charge in [0.2, 0.25) is 0 Å². The van der Waals surface area contributed by atoms with Crippen LogP contribution in [0.4, 0.5) is 0 Å². The van der Waals surface area contributed by atoms with Gasteiger partial charge in [-0.15, -0.1) is 11.3 Å². The van der Waals surface area contributed by atoms with Gasteiger partial charge in [0.15, 0.2) is 17.5 Å². The second kappa shape index (κ2) is 14.9. The van der Waals surface area contributed by atoms with Gasteiger partial charge in [0, 0.05) is 59.4 Å². The predicted octanol–water partition coefficient (Wildman–Crippen LogP) is 16.3. The summed E-state index contributed by atoms with van der Waals surface area (Å²) in [6.07, 6.45) is 0. The van der Waals surface area contributed by atoms with E-state index in [1.54, 1.807) is 0 Å². The van der Waals surface area contributed by atoms with Gasteiger partial charge in [-0.25, -0.2) is 15.0 Å². The molecule has 0 saturated carbocycles. The molecule has 312 valence electrons. The summed E-state index contributed by atoms with van der Waals surface area (Å²) >= 11 is 1.82. The molecule has 0 aliphatic rings. The first kappa shape index (κ1) is 37.6. The standard InChI is InChI=1S/C61H37N5S/c1-3-16-38(17-4-1)39-20-15-21-42(34-39)59-62-60(43-30-31-47-45-24-9-12-27-52(45)65(54(47)37-43)44-22-5-2-6-23-44)64-61(63-59)50-33-32-49-48-26-11-14-29-56(48)67-58(49)57(50)66-53-28-13-10-25-46(53)51-35-40-18-7-8-19-41(40)36-55(51)66/h1-37H. The summed E-state index contributed by atoms with van der Waals surface area (Å²) in [5, 5.41) is 9.61. The van der Waals surface area contributed by atoms with E-state index in [0.717, 1.165) is 61.3 Å². The molecule has 14 aromatic rings. The molecule has 0 aliphatic heterocycles. The van der Waals surface area contributed by atoms with Crippen molar-refractivity contribution in [1.82, 2.24) is 24.1 Å². The molecule has 0 spiro atoms. The molecule has 10 aromatic carbocycles. The zero-order valence-electron chi connectivity index (χ0n) is 36.0. The molecule has 0 amide bonds. The third-order valence-electron chi connectivity index (χ3n) is 13.3. The molecule has 67 heavy (non-hydrogen) atoms. The number of hydrogen-bond donors (Lipinski definition) is 0. The van der Waals surface area contributed by atoms with Crippen LogP contribution < -0.4 is 0 Å². The monoisotopic (exact) mass is 871 g/mol. The number of aromatic nitrogens is 5. The number of benzene rings is 10. The lowest BCUT2D eigenvalue weighted by Crippen LogP contribution is -2.04. The fourth-order valence-electron chi connectivity index (χ4n) is 10.3. The van der Waals surface area contributed by atoms with E-state index < -0.39 is 0 Å². The molecule has 0 fully saturated rings. The third-order valence-corrected chi connectivity index (χ3v) is 14.5. The van der Waals surface area contributed by atoms with Crippen LogP contribution in [-0.4, -0.2) is 24.1 Å². The largest absolute Gasteiger partial charge is 0.309 e. The Morgan fingerprint density at radius 2 is 0.866 bits per heavy atom. The van der Waals surface area contributed by atoms with Crippen molar-refractivity contribution >= 4 is 85.9 Å². The predicted molar refractivity (Wildman–Crippen MR) is 281 cm³/mol. The molecule has 0 N–H and O–H groups in total. The van der Waals surface area contributed by atoms with Crippen molar-refractivity contribution in [2.75, 3.05) is 0 Å². The molecular weight excluding hydrogens is 835 g/mol. The molecule has 0 saturated heterocycles. The van der Waals surface area contributed by atoms with E-state index in [1.807, 2.05) is 11.3 Å². The lowest BCUT2D eigenvalue weighted by atomic mass is 10.0. The lowest BCUT2D eigenvalue weighted by molar-refractivity contribution is 1.07. The second-order valence-electron chi connectivity index (χ2n) is 17.2. The van der Waals surface area contributed by atoms with E-state index in [9.17, 15) is 0 Å². The number of fused-ring (bicyclic) bond motifs is 10. The van der Waals surface area contributed by atoms with Gasteiger partial charge in [0.25, 0.3) is 0 Å². The summed E-state index contributed by atoms with van der Waals surface area (Å²) in [7, 11) is 0. The molecule has 14 rings (SSSR count). The SMILES string of the molecule is c1ccc(-c2cccc(-c3nc(-c4ccc5c6ccccc6n(-c6ccccc6)c5c4)nc(-c4ccc5c(sc6ccccc65)c4-n4c5ccccc5c5cc6ccccc6cc54)n3)c2)cc1. The maximum absolute atomic E-state index is 5.54. The number of nitrogens with zero attached hydrogens (tertiary/aromatic N) is 5. The van der Waals surface area contributed by atoms with Crippen molar-refractivity contribution in [3.05, 3.63) is 224 Å². The summed E-state index contributed by atoms with van der Waals surface area (Å²) < 4.78 is 7.23. The van der Waals surface area contributed by atoms with Crippen LogP contribution in [0, 0.1) is 0 Å². The molecule has 5 nitrogen and oxygen atoms in total. The van der Waals surface area contributed by atoms with Gasteiger partial charge in [-0.3, -0.25) is 0 Å². The Labute approximate surface area is 389 Å². The average Bonchev–Trinajstić information content (AvgIpc) is 4.05. The van der Waals surface area contributed by atoms with E-state index in [0.29, 0.717) is 17.5 Å². The minimum atomic E-state index is 0.604. The lowest BCUT2D eigenvalue weighted by Gasteiger charge is -2.16. The molecular formula is C61H37N5S. The van der Waals surface area contributed by atoms with Crippen LogP contribution in [0.3, 0.4) is 0 Å². The Balaban J connectivity index is 1.08. The molecule has 0 radical (unpaired) electrons. The smallest absolute Gasteiger partial charge is 0.166 e. The highest BCUT2D eigenvalue weighted by Gasteiger charge is 2.24. The van der Waals surface area contributed by atoms with Crippen molar-refractivity contribution in [2.24, 2.45) is 0 Å². The van der Waals surface area contributed by atoms with E-state index in [-0.39, 0.29) is 0 Å². The van der Waals surface area contributed by atoms with E-state index in [1.165, 1.54) is 52.5 Å². The number of thiophene rings is 1. The molecule has 4 aromatic heterocycles. The normalized spacial score (nSPS) is 11.9. The summed E-state index contributed by atoms with van der Waals surface area (Å²) in [5.74, 6) is 1.82. The van der Waals surface area contributed by atoms with Crippen LogP contribution in [-0.2, 0) is 0 Å². The maximum Gasteiger partial charge on any atom is 0.166 e. The van der Waals surface area contributed by atoms with Crippen LogP contribution in [0.1, 0.15) is 0 Å². The zero-order valence-corrected chi connectivity index (χ0v) is 36.8. The Kier molecular flexibility index (Phi) is 8.38. The number of hydrogen-bond acceptors (Lipinski definition) is 4. The molecule has 0 unspecified atom stereocenters. The summed E-state index contributed by atoms with van der Waals surface area (Å²) in [6.45, 7) is 0. The van der Waals surface area contributed by atoms with Crippen LogP contribution in [0.2, 0.25) is 0 Å². The van der Waals surface area contributed by atoms with Gasteiger partial charge in [-0.05, 0) is 82.6 Å². The topological polar surface area (TPSA) is 48.5 Å². The van der Waals surface area contributed by atoms with Crippen molar-refractivity contribution in [1.29, 1.82) is 0 Å². The van der Waals surface area contributed by atoms with Crippen LogP contribution in [0.5, 0.6) is 0 Å². The van der Waals surface area contributed by atoms with Gasteiger partial charge in [0.05, 0.1) is 32.5 Å². The zero-order chi connectivity index (χ0) is 44.0. The molecule has 6 heteroatoms. The van der Waals surface area contributed by atoms with Crippen molar-refractivity contribution in [3.63, 3.8) is 0 Å². The van der Waals surface area contributed by atoms with Gasteiger partial charge in [-0.1, -0.05) is 164 Å². The minimum absolute atomic E-state index is 0.604. The van der Waals surface area contributed by atoms with Crippen molar-refractivity contribution in [3.8, 4) is 56.7 Å². The maximum atomic E-state index is 5.54. The Morgan fingerprint density at radius 1 is 0.313 bits per heavy atom. The van der Waals surface area contributed by atoms with Crippen molar-refractivity contribution in [2.45, 2.75) is 0 Å². The number of rotatable bonds is 6. The molecule has 4 heterocycles. The third kappa shape index (κ3) is 5.97. The fourth-order valence-corrected chi connectivity index (χ4v) is 11.5. The van der Waals surface area contributed by atoms with Gasteiger partial charge in [-0.2, -0.15) is 0 Å². The molecule has 0 bridgehead atoms. The van der Waals surface area contributed by atoms with Crippen LogP contribution in [0.25, 0.3) is 131 Å².